The number of nitrogens with two attached hydrogens (primary N) is 1. The highest BCUT2D eigenvalue weighted by atomic mass is 19.3. The van der Waals surface area contributed by atoms with Gasteiger partial charge in [-0.05, 0) is 35.6 Å². The van der Waals surface area contributed by atoms with Gasteiger partial charge in [-0.25, -0.2) is 8.78 Å². The molecule has 1 aromatic heterocycles. The van der Waals surface area contributed by atoms with Crippen LogP contribution in [0, 0.1) is 0 Å². The van der Waals surface area contributed by atoms with Crippen LogP contribution in [0.2, 0.25) is 0 Å². The van der Waals surface area contributed by atoms with E-state index >= 15 is 0 Å². The van der Waals surface area contributed by atoms with Gasteiger partial charge in [0.15, 0.2) is 0 Å². The van der Waals surface area contributed by atoms with Gasteiger partial charge in [-0.3, -0.25) is 0 Å². The molecule has 0 spiro atoms. The molecule has 86 valence electrons. The molecule has 2 N–H and O–H groups in total. The van der Waals surface area contributed by atoms with Crippen molar-refractivity contribution in [2.75, 3.05) is 0 Å². The molecule has 0 radical (unpaired) electrons. The molecular formula is C12H14F2N2. The second kappa shape index (κ2) is 4.22. The van der Waals surface area contributed by atoms with Crippen molar-refractivity contribution in [2.24, 2.45) is 12.8 Å². The van der Waals surface area contributed by atoms with Crippen molar-refractivity contribution in [3.05, 3.63) is 36.0 Å². The molecule has 0 saturated carbocycles. The maximum absolute atomic E-state index is 12.3. The molecule has 16 heavy (non-hydrogen) atoms. The van der Waals surface area contributed by atoms with Gasteiger partial charge in [-0.1, -0.05) is 6.07 Å². The quantitative estimate of drug-likeness (QED) is 0.852. The molecule has 0 aliphatic carbocycles. The van der Waals surface area contributed by atoms with Crippen LogP contribution in [-0.2, 0) is 13.5 Å². The van der Waals surface area contributed by atoms with E-state index in [-0.39, 0.29) is 6.42 Å². The first-order valence-corrected chi connectivity index (χ1v) is 5.15. The Morgan fingerprint density at radius 1 is 1.31 bits per heavy atom. The van der Waals surface area contributed by atoms with Crippen molar-refractivity contribution in [3.63, 3.8) is 0 Å². The zero-order valence-corrected chi connectivity index (χ0v) is 9.03. The number of benzene rings is 1. The van der Waals surface area contributed by atoms with E-state index in [0.29, 0.717) is 0 Å². The molecule has 1 atom stereocenters. The average Bonchev–Trinajstić information content (AvgIpc) is 2.60. The summed E-state index contributed by atoms with van der Waals surface area (Å²) in [6, 6.07) is 6.58. The maximum Gasteiger partial charge on any atom is 0.253 e. The second-order valence-electron chi connectivity index (χ2n) is 4.02. The Balaban J connectivity index is 2.26. The van der Waals surface area contributed by atoms with Crippen LogP contribution >= 0.6 is 0 Å². The summed E-state index contributed by atoms with van der Waals surface area (Å²) in [5, 5.41) is 1.06. The monoisotopic (exact) mass is 224 g/mol. The molecule has 0 fully saturated rings. The van der Waals surface area contributed by atoms with E-state index in [9.17, 15) is 8.78 Å². The summed E-state index contributed by atoms with van der Waals surface area (Å²) in [4.78, 5) is 0. The number of hydrogen-bond acceptors (Lipinski definition) is 1. The zero-order valence-electron chi connectivity index (χ0n) is 9.03. The van der Waals surface area contributed by atoms with Crippen LogP contribution in [0.5, 0.6) is 0 Å². The van der Waals surface area contributed by atoms with Crippen molar-refractivity contribution < 1.29 is 8.78 Å². The molecule has 0 bridgehead atoms. The molecule has 1 heterocycles. The van der Waals surface area contributed by atoms with Crippen LogP contribution in [0.15, 0.2) is 30.5 Å². The van der Waals surface area contributed by atoms with E-state index in [0.717, 1.165) is 16.5 Å². The highest BCUT2D eigenvalue weighted by Gasteiger charge is 2.15. The van der Waals surface area contributed by atoms with Gasteiger partial charge in [0.1, 0.15) is 0 Å². The Morgan fingerprint density at radius 2 is 2.06 bits per heavy atom. The molecule has 2 rings (SSSR count). The predicted molar refractivity (Wildman–Crippen MR) is 60.6 cm³/mol. The van der Waals surface area contributed by atoms with Crippen LogP contribution in [0.4, 0.5) is 8.78 Å². The Bertz CT molecular complexity index is 491. The van der Waals surface area contributed by atoms with E-state index in [2.05, 4.69) is 0 Å². The largest absolute Gasteiger partial charge is 0.351 e. The highest BCUT2D eigenvalue weighted by molar-refractivity contribution is 5.80. The Kier molecular flexibility index (Phi) is 2.92. The molecule has 2 nitrogen and oxygen atoms in total. The predicted octanol–water partition coefficient (Wildman–Crippen LogP) is 2.31. The molecule has 1 unspecified atom stereocenters. The minimum absolute atomic E-state index is 0.211. The number of aryl methyl sites for hydroxylation is 1. The number of halogens is 2. The van der Waals surface area contributed by atoms with Gasteiger partial charge in [-0.2, -0.15) is 0 Å². The minimum atomic E-state index is -2.47. The van der Waals surface area contributed by atoms with E-state index in [1.54, 1.807) is 0 Å². The summed E-state index contributed by atoms with van der Waals surface area (Å²) >= 11 is 0. The van der Waals surface area contributed by atoms with Crippen LogP contribution in [0.25, 0.3) is 10.9 Å². The third-order valence-electron chi connectivity index (χ3n) is 2.74. The average molecular weight is 224 g/mol. The molecule has 0 aliphatic rings. The van der Waals surface area contributed by atoms with Gasteiger partial charge >= 0.3 is 0 Å². The number of rotatable bonds is 3. The summed E-state index contributed by atoms with van der Waals surface area (Å²) < 4.78 is 26.6. The number of nitrogens with zero attached hydrogens (tertiary/aromatic N) is 1. The number of hydrogen-bond donors (Lipinski definition) is 1. The number of fused-ring (bicyclic) bond motifs is 1. The topological polar surface area (TPSA) is 30.9 Å². The van der Waals surface area contributed by atoms with E-state index in [1.165, 1.54) is 0 Å². The summed E-state index contributed by atoms with van der Waals surface area (Å²) in [5.74, 6) is 0. The van der Waals surface area contributed by atoms with Crippen molar-refractivity contribution in [1.82, 2.24) is 4.57 Å². The van der Waals surface area contributed by atoms with Gasteiger partial charge in [-0.15, -0.1) is 0 Å². The van der Waals surface area contributed by atoms with Gasteiger partial charge in [0, 0.05) is 18.8 Å². The Hall–Kier alpha value is -1.42. The maximum atomic E-state index is 12.3. The number of aromatic nitrogens is 1. The highest BCUT2D eigenvalue weighted by Crippen LogP contribution is 2.18. The summed E-state index contributed by atoms with van der Waals surface area (Å²) in [7, 11) is 1.95. The molecular weight excluding hydrogens is 210 g/mol. The SMILES string of the molecule is Cn1ccc2cc(CC(N)C(F)F)ccc21. The first-order chi connectivity index (χ1) is 7.58. The molecule has 0 saturated heterocycles. The lowest BCUT2D eigenvalue weighted by atomic mass is 10.1. The molecule has 2 aromatic rings. The van der Waals surface area contributed by atoms with Gasteiger partial charge in [0.05, 0.1) is 6.04 Å². The molecule has 0 amide bonds. The summed E-state index contributed by atoms with van der Waals surface area (Å²) in [5.41, 5.74) is 7.29. The van der Waals surface area contributed by atoms with E-state index in [1.807, 2.05) is 42.1 Å². The van der Waals surface area contributed by atoms with E-state index < -0.39 is 12.5 Å². The van der Waals surface area contributed by atoms with Gasteiger partial charge in [0.25, 0.3) is 6.43 Å². The first kappa shape index (κ1) is 11.1. The third kappa shape index (κ3) is 2.07. The van der Waals surface area contributed by atoms with Crippen LogP contribution < -0.4 is 5.73 Å². The minimum Gasteiger partial charge on any atom is -0.351 e. The van der Waals surface area contributed by atoms with Crippen molar-refractivity contribution in [1.29, 1.82) is 0 Å². The fourth-order valence-electron chi connectivity index (χ4n) is 1.82. The number of alkyl halides is 2. The molecule has 1 aromatic carbocycles. The van der Waals surface area contributed by atoms with Gasteiger partial charge < -0.3 is 10.3 Å². The Labute approximate surface area is 92.7 Å². The summed E-state index contributed by atoms with van der Waals surface area (Å²) in [6.07, 6.45) is -0.309. The standard InChI is InChI=1S/C12H14F2N2/c1-16-5-4-9-6-8(2-3-11(9)16)7-10(15)12(13)14/h2-6,10,12H,7,15H2,1H3. The zero-order chi connectivity index (χ0) is 11.7. The van der Waals surface area contributed by atoms with E-state index in [4.69, 9.17) is 5.73 Å². The fraction of sp³-hybridized carbons (Fsp3) is 0.333. The van der Waals surface area contributed by atoms with Gasteiger partial charge in [0.2, 0.25) is 0 Å². The fourth-order valence-corrected chi connectivity index (χ4v) is 1.82. The van der Waals surface area contributed by atoms with Crippen LogP contribution in [-0.4, -0.2) is 17.0 Å². The van der Waals surface area contributed by atoms with Crippen LogP contribution in [0.3, 0.4) is 0 Å². The lowest BCUT2D eigenvalue weighted by Gasteiger charge is -2.10. The summed E-state index contributed by atoms with van der Waals surface area (Å²) in [6.45, 7) is 0. The third-order valence-corrected chi connectivity index (χ3v) is 2.74. The lowest BCUT2D eigenvalue weighted by Crippen LogP contribution is -2.30. The van der Waals surface area contributed by atoms with Crippen molar-refractivity contribution >= 4 is 10.9 Å². The molecule has 4 heteroatoms. The lowest BCUT2D eigenvalue weighted by molar-refractivity contribution is 0.116. The van der Waals surface area contributed by atoms with Crippen molar-refractivity contribution in [3.8, 4) is 0 Å². The smallest absolute Gasteiger partial charge is 0.253 e. The Morgan fingerprint density at radius 3 is 2.75 bits per heavy atom. The second-order valence-corrected chi connectivity index (χ2v) is 4.02. The van der Waals surface area contributed by atoms with Crippen molar-refractivity contribution in [2.45, 2.75) is 18.9 Å². The molecule has 0 aliphatic heterocycles. The van der Waals surface area contributed by atoms with Crippen LogP contribution in [0.1, 0.15) is 5.56 Å². The first-order valence-electron chi connectivity index (χ1n) is 5.15. The normalized spacial score (nSPS) is 13.6.